The molecule has 0 saturated carbocycles. The van der Waals surface area contributed by atoms with Gasteiger partial charge in [0.2, 0.25) is 0 Å². The van der Waals surface area contributed by atoms with E-state index in [2.05, 4.69) is 56.8 Å². The lowest BCUT2D eigenvalue weighted by Crippen LogP contribution is -2.24. The molecule has 0 atom stereocenters. The number of aromatic nitrogens is 2. The number of unbranched alkanes of at least 4 members (excludes halogenated alkanes) is 2. The minimum absolute atomic E-state index is 0.0948. The van der Waals surface area contributed by atoms with Crippen LogP contribution in [0.5, 0.6) is 0 Å². The minimum atomic E-state index is -0.0948. The zero-order valence-corrected chi connectivity index (χ0v) is 14.6. The Morgan fingerprint density at radius 3 is 2.33 bits per heavy atom. The summed E-state index contributed by atoms with van der Waals surface area (Å²) in [6.07, 6.45) is 5.07. The van der Waals surface area contributed by atoms with Crippen LogP contribution in [0.15, 0.2) is 6.07 Å². The van der Waals surface area contributed by atoms with Crippen LogP contribution >= 0.6 is 0 Å². The molecule has 1 rings (SSSR count). The van der Waals surface area contributed by atoms with Gasteiger partial charge in [-0.05, 0) is 11.8 Å². The lowest BCUT2D eigenvalue weighted by atomic mass is 9.87. The highest BCUT2D eigenvalue weighted by Gasteiger charge is 2.20. The SMILES string of the molecule is CCCCCC(C)(C)CNc1cc(N)nc(C(C)(C)C)n1. The van der Waals surface area contributed by atoms with Crippen LogP contribution in [0.2, 0.25) is 0 Å². The number of nitrogen functional groups attached to an aromatic ring is 1. The molecule has 0 amide bonds. The van der Waals surface area contributed by atoms with Gasteiger partial charge in [-0.2, -0.15) is 0 Å². The predicted molar refractivity (Wildman–Crippen MR) is 91.6 cm³/mol. The van der Waals surface area contributed by atoms with Gasteiger partial charge in [-0.1, -0.05) is 60.8 Å². The van der Waals surface area contributed by atoms with Crippen molar-refractivity contribution in [1.29, 1.82) is 0 Å². The Balaban J connectivity index is 2.69. The second-order valence-electron chi connectivity index (χ2n) is 7.73. The van der Waals surface area contributed by atoms with Gasteiger partial charge in [0, 0.05) is 18.0 Å². The molecule has 0 spiro atoms. The first-order valence-corrected chi connectivity index (χ1v) is 8.03. The summed E-state index contributed by atoms with van der Waals surface area (Å²) >= 11 is 0. The quantitative estimate of drug-likeness (QED) is 0.732. The number of hydrogen-bond donors (Lipinski definition) is 2. The van der Waals surface area contributed by atoms with Crippen LogP contribution in [0.25, 0.3) is 0 Å². The molecule has 0 aliphatic heterocycles. The van der Waals surface area contributed by atoms with Gasteiger partial charge in [-0.3, -0.25) is 0 Å². The van der Waals surface area contributed by atoms with E-state index in [-0.39, 0.29) is 10.8 Å². The highest BCUT2D eigenvalue weighted by Crippen LogP contribution is 2.25. The molecule has 0 aliphatic carbocycles. The maximum atomic E-state index is 5.90. The molecule has 1 heterocycles. The smallest absolute Gasteiger partial charge is 0.138 e. The molecule has 0 unspecified atom stereocenters. The lowest BCUT2D eigenvalue weighted by Gasteiger charge is -2.26. The average molecular weight is 292 g/mol. The van der Waals surface area contributed by atoms with Gasteiger partial charge in [-0.15, -0.1) is 0 Å². The van der Waals surface area contributed by atoms with Crippen molar-refractivity contribution < 1.29 is 0 Å². The topological polar surface area (TPSA) is 63.8 Å². The number of nitrogens with one attached hydrogen (secondary N) is 1. The zero-order chi connectivity index (χ0) is 16.1. The Kier molecular flexibility index (Phi) is 5.99. The van der Waals surface area contributed by atoms with E-state index in [1.54, 1.807) is 0 Å². The summed E-state index contributed by atoms with van der Waals surface area (Å²) in [7, 11) is 0. The van der Waals surface area contributed by atoms with Crippen LogP contribution in [0.4, 0.5) is 11.6 Å². The van der Waals surface area contributed by atoms with Crippen molar-refractivity contribution in [3.05, 3.63) is 11.9 Å². The molecule has 0 aliphatic rings. The van der Waals surface area contributed by atoms with E-state index in [0.717, 1.165) is 18.2 Å². The van der Waals surface area contributed by atoms with E-state index in [1.807, 2.05) is 6.07 Å². The van der Waals surface area contributed by atoms with E-state index in [9.17, 15) is 0 Å². The first-order valence-electron chi connectivity index (χ1n) is 8.03. The summed E-state index contributed by atoms with van der Waals surface area (Å²) in [6.45, 7) is 14.0. The monoisotopic (exact) mass is 292 g/mol. The third-order valence-electron chi connectivity index (χ3n) is 3.62. The van der Waals surface area contributed by atoms with Gasteiger partial charge in [-0.25, -0.2) is 9.97 Å². The molecule has 4 nitrogen and oxygen atoms in total. The maximum Gasteiger partial charge on any atom is 0.138 e. The molecule has 0 saturated heterocycles. The largest absolute Gasteiger partial charge is 0.384 e. The van der Waals surface area contributed by atoms with Gasteiger partial charge in [0.05, 0.1) is 0 Å². The van der Waals surface area contributed by atoms with Gasteiger partial charge >= 0.3 is 0 Å². The lowest BCUT2D eigenvalue weighted by molar-refractivity contribution is 0.342. The van der Waals surface area contributed by atoms with Gasteiger partial charge < -0.3 is 11.1 Å². The number of anilines is 2. The van der Waals surface area contributed by atoms with Crippen molar-refractivity contribution in [2.24, 2.45) is 5.41 Å². The summed E-state index contributed by atoms with van der Waals surface area (Å²) < 4.78 is 0. The Morgan fingerprint density at radius 1 is 1.10 bits per heavy atom. The fourth-order valence-electron chi connectivity index (χ4n) is 2.16. The van der Waals surface area contributed by atoms with Crippen LogP contribution in [-0.2, 0) is 5.41 Å². The van der Waals surface area contributed by atoms with Crippen LogP contribution in [-0.4, -0.2) is 16.5 Å². The fourth-order valence-corrected chi connectivity index (χ4v) is 2.16. The molecular formula is C17H32N4. The van der Waals surface area contributed by atoms with E-state index in [1.165, 1.54) is 25.7 Å². The summed E-state index contributed by atoms with van der Waals surface area (Å²) in [6, 6.07) is 1.82. The highest BCUT2D eigenvalue weighted by atomic mass is 15.1. The number of nitrogens with two attached hydrogens (primary N) is 1. The Bertz CT molecular complexity index is 447. The summed E-state index contributed by atoms with van der Waals surface area (Å²) in [5.74, 6) is 2.14. The Hall–Kier alpha value is -1.32. The number of hydrogen-bond acceptors (Lipinski definition) is 4. The standard InChI is InChI=1S/C17H32N4/c1-7-8-9-10-17(5,6)12-19-14-11-13(18)20-15(21-14)16(2,3)4/h11H,7-10,12H2,1-6H3,(H3,18,19,20,21). The third-order valence-corrected chi connectivity index (χ3v) is 3.62. The van der Waals surface area contributed by atoms with Crippen LogP contribution in [0.1, 0.15) is 73.1 Å². The molecule has 0 bridgehead atoms. The van der Waals surface area contributed by atoms with Crippen LogP contribution in [0, 0.1) is 5.41 Å². The van der Waals surface area contributed by atoms with Gasteiger partial charge in [0.15, 0.2) is 0 Å². The maximum absolute atomic E-state index is 5.90. The summed E-state index contributed by atoms with van der Waals surface area (Å²) in [4.78, 5) is 8.94. The number of rotatable bonds is 7. The van der Waals surface area contributed by atoms with Crippen molar-refractivity contribution in [2.75, 3.05) is 17.6 Å². The normalized spacial score (nSPS) is 12.5. The summed E-state index contributed by atoms with van der Waals surface area (Å²) in [5, 5.41) is 3.43. The molecule has 1 aromatic rings. The van der Waals surface area contributed by atoms with E-state index in [0.29, 0.717) is 5.82 Å². The van der Waals surface area contributed by atoms with E-state index in [4.69, 9.17) is 5.73 Å². The Morgan fingerprint density at radius 2 is 1.76 bits per heavy atom. The molecule has 21 heavy (non-hydrogen) atoms. The second-order valence-corrected chi connectivity index (χ2v) is 7.73. The van der Waals surface area contributed by atoms with Crippen molar-refractivity contribution >= 4 is 11.6 Å². The second kappa shape index (κ2) is 7.10. The molecule has 0 aromatic carbocycles. The van der Waals surface area contributed by atoms with Crippen LogP contribution < -0.4 is 11.1 Å². The molecular weight excluding hydrogens is 260 g/mol. The molecule has 4 heteroatoms. The molecule has 3 N–H and O–H groups in total. The summed E-state index contributed by atoms with van der Waals surface area (Å²) in [5.41, 5.74) is 6.07. The molecule has 120 valence electrons. The zero-order valence-electron chi connectivity index (χ0n) is 14.6. The van der Waals surface area contributed by atoms with Crippen LogP contribution in [0.3, 0.4) is 0 Å². The van der Waals surface area contributed by atoms with Crippen molar-refractivity contribution in [2.45, 2.75) is 72.6 Å². The third kappa shape index (κ3) is 6.32. The van der Waals surface area contributed by atoms with Gasteiger partial charge in [0.1, 0.15) is 17.5 Å². The first-order chi connectivity index (χ1) is 9.64. The van der Waals surface area contributed by atoms with E-state index >= 15 is 0 Å². The molecule has 0 radical (unpaired) electrons. The molecule has 1 aromatic heterocycles. The van der Waals surface area contributed by atoms with Crippen molar-refractivity contribution in [1.82, 2.24) is 9.97 Å². The van der Waals surface area contributed by atoms with E-state index < -0.39 is 0 Å². The van der Waals surface area contributed by atoms with Gasteiger partial charge in [0.25, 0.3) is 0 Å². The average Bonchev–Trinajstić information content (AvgIpc) is 2.35. The first kappa shape index (κ1) is 17.7. The number of nitrogens with zero attached hydrogens (tertiary/aromatic N) is 2. The fraction of sp³-hybridized carbons (Fsp3) is 0.765. The van der Waals surface area contributed by atoms with Crippen molar-refractivity contribution in [3.63, 3.8) is 0 Å². The van der Waals surface area contributed by atoms with Crippen molar-refractivity contribution in [3.8, 4) is 0 Å². The predicted octanol–water partition coefficient (Wildman–Crippen LogP) is 4.37. The Labute approximate surface area is 130 Å². The minimum Gasteiger partial charge on any atom is -0.384 e. The molecule has 0 fully saturated rings. The highest BCUT2D eigenvalue weighted by molar-refractivity contribution is 5.45.